The van der Waals surface area contributed by atoms with Crippen LogP contribution in [0.25, 0.3) is 0 Å². The first-order chi connectivity index (χ1) is 7.70. The van der Waals surface area contributed by atoms with E-state index >= 15 is 0 Å². The van der Waals surface area contributed by atoms with Gasteiger partial charge in [0.15, 0.2) is 0 Å². The molecule has 0 heterocycles. The lowest BCUT2D eigenvalue weighted by atomic mass is 10.0. The minimum absolute atomic E-state index is 0.127. The highest BCUT2D eigenvalue weighted by molar-refractivity contribution is 9.10. The number of hydrogen-bond acceptors (Lipinski definition) is 2. The van der Waals surface area contributed by atoms with Crippen molar-refractivity contribution < 1.29 is 9.84 Å². The summed E-state index contributed by atoms with van der Waals surface area (Å²) in [4.78, 5) is 0. The largest absolute Gasteiger partial charge is 0.497 e. The summed E-state index contributed by atoms with van der Waals surface area (Å²) in [6, 6.07) is 5.96. The molecule has 2 nitrogen and oxygen atoms in total. The van der Waals surface area contributed by atoms with Crippen LogP contribution in [-0.2, 0) is 6.42 Å². The van der Waals surface area contributed by atoms with E-state index in [0.717, 1.165) is 23.1 Å². The molecule has 1 saturated carbocycles. The van der Waals surface area contributed by atoms with Gasteiger partial charge in [-0.05, 0) is 55.4 Å². The second-order valence-electron chi connectivity index (χ2n) is 4.40. The van der Waals surface area contributed by atoms with E-state index in [1.165, 1.54) is 18.4 Å². The second-order valence-corrected chi connectivity index (χ2v) is 5.26. The number of aliphatic hydroxyl groups excluding tert-OH is 1. The van der Waals surface area contributed by atoms with Gasteiger partial charge >= 0.3 is 0 Å². The molecule has 1 N–H and O–H groups in total. The third-order valence-corrected chi connectivity index (χ3v) is 3.90. The van der Waals surface area contributed by atoms with Gasteiger partial charge in [0.1, 0.15) is 5.75 Å². The van der Waals surface area contributed by atoms with Crippen molar-refractivity contribution in [2.45, 2.75) is 31.8 Å². The van der Waals surface area contributed by atoms with E-state index in [9.17, 15) is 5.11 Å². The Bertz CT molecular complexity index is 361. The Morgan fingerprint density at radius 2 is 2.25 bits per heavy atom. The van der Waals surface area contributed by atoms with Crippen LogP contribution < -0.4 is 4.74 Å². The Balaban J connectivity index is 1.96. The number of hydrogen-bond donors (Lipinski definition) is 1. The fraction of sp³-hybridized carbons (Fsp3) is 0.538. The molecule has 1 aliphatic carbocycles. The third-order valence-electron chi connectivity index (χ3n) is 3.13. The summed E-state index contributed by atoms with van der Waals surface area (Å²) in [5.74, 6) is 1.43. The highest BCUT2D eigenvalue weighted by Crippen LogP contribution is 2.35. The van der Waals surface area contributed by atoms with E-state index in [-0.39, 0.29) is 6.10 Å². The molecule has 0 bridgehead atoms. The molecule has 1 fully saturated rings. The third kappa shape index (κ3) is 2.98. The minimum Gasteiger partial charge on any atom is -0.497 e. The molecule has 3 heteroatoms. The van der Waals surface area contributed by atoms with Gasteiger partial charge in [0.05, 0.1) is 13.2 Å². The molecular weight excluding hydrogens is 268 g/mol. The SMILES string of the molecule is COc1ccc(Br)c(CCC(O)C2CC2)c1. The van der Waals surface area contributed by atoms with Crippen LogP contribution in [0.3, 0.4) is 0 Å². The highest BCUT2D eigenvalue weighted by Gasteiger charge is 2.29. The molecule has 1 atom stereocenters. The second kappa shape index (κ2) is 5.19. The molecule has 0 saturated heterocycles. The number of aliphatic hydroxyl groups is 1. The molecule has 0 amide bonds. The Morgan fingerprint density at radius 3 is 2.88 bits per heavy atom. The molecule has 88 valence electrons. The van der Waals surface area contributed by atoms with Gasteiger partial charge in [0.25, 0.3) is 0 Å². The Kier molecular flexibility index (Phi) is 3.87. The summed E-state index contributed by atoms with van der Waals surface area (Å²) in [7, 11) is 1.67. The van der Waals surface area contributed by atoms with Gasteiger partial charge in [0, 0.05) is 4.47 Å². The van der Waals surface area contributed by atoms with Crippen molar-refractivity contribution in [2.75, 3.05) is 7.11 Å². The first kappa shape index (κ1) is 11.9. The number of rotatable bonds is 5. The molecule has 0 aliphatic heterocycles. The lowest BCUT2D eigenvalue weighted by Crippen LogP contribution is -2.10. The maximum atomic E-state index is 9.82. The summed E-state index contributed by atoms with van der Waals surface area (Å²) in [6.45, 7) is 0. The predicted octanol–water partition coefficient (Wildman–Crippen LogP) is 3.16. The number of ether oxygens (including phenoxy) is 1. The first-order valence-corrected chi connectivity index (χ1v) is 6.50. The fourth-order valence-electron chi connectivity index (χ4n) is 1.89. The van der Waals surface area contributed by atoms with Gasteiger partial charge < -0.3 is 9.84 Å². The van der Waals surface area contributed by atoms with E-state index in [1.54, 1.807) is 7.11 Å². The van der Waals surface area contributed by atoms with E-state index in [2.05, 4.69) is 15.9 Å². The Morgan fingerprint density at radius 1 is 1.50 bits per heavy atom. The monoisotopic (exact) mass is 284 g/mol. The van der Waals surface area contributed by atoms with Crippen LogP contribution >= 0.6 is 15.9 Å². The summed E-state index contributed by atoms with van der Waals surface area (Å²) >= 11 is 3.53. The van der Waals surface area contributed by atoms with E-state index in [1.807, 2.05) is 18.2 Å². The topological polar surface area (TPSA) is 29.5 Å². The molecule has 1 aromatic carbocycles. The molecule has 0 radical (unpaired) electrons. The van der Waals surface area contributed by atoms with Gasteiger partial charge in [-0.3, -0.25) is 0 Å². The number of halogens is 1. The van der Waals surface area contributed by atoms with E-state index < -0.39 is 0 Å². The molecule has 1 aliphatic rings. The van der Waals surface area contributed by atoms with Crippen molar-refractivity contribution in [1.82, 2.24) is 0 Å². The molecule has 0 aromatic heterocycles. The van der Waals surface area contributed by atoms with Crippen molar-refractivity contribution in [1.29, 1.82) is 0 Å². The lowest BCUT2D eigenvalue weighted by molar-refractivity contribution is 0.142. The summed E-state index contributed by atoms with van der Waals surface area (Å²) in [6.07, 6.45) is 4.00. The van der Waals surface area contributed by atoms with Crippen molar-refractivity contribution in [3.8, 4) is 5.75 Å². The molecular formula is C13H17BrO2. The molecule has 2 rings (SSSR count). The van der Waals surface area contributed by atoms with Crippen LogP contribution in [-0.4, -0.2) is 18.3 Å². The highest BCUT2D eigenvalue weighted by atomic mass is 79.9. The number of methoxy groups -OCH3 is 1. The number of benzene rings is 1. The van der Waals surface area contributed by atoms with Crippen LogP contribution in [0.5, 0.6) is 5.75 Å². The maximum absolute atomic E-state index is 9.82. The van der Waals surface area contributed by atoms with E-state index in [0.29, 0.717) is 5.92 Å². The lowest BCUT2D eigenvalue weighted by Gasteiger charge is -2.11. The zero-order chi connectivity index (χ0) is 11.5. The first-order valence-electron chi connectivity index (χ1n) is 5.71. The smallest absolute Gasteiger partial charge is 0.119 e. The zero-order valence-corrected chi connectivity index (χ0v) is 11.0. The maximum Gasteiger partial charge on any atom is 0.119 e. The van der Waals surface area contributed by atoms with Crippen LogP contribution in [0.15, 0.2) is 22.7 Å². The Hall–Kier alpha value is -0.540. The minimum atomic E-state index is -0.127. The standard InChI is InChI=1S/C13H17BrO2/c1-16-11-5-6-12(14)10(8-11)4-7-13(15)9-2-3-9/h5-6,8-9,13,15H,2-4,7H2,1H3. The van der Waals surface area contributed by atoms with Crippen molar-refractivity contribution in [3.05, 3.63) is 28.2 Å². The van der Waals surface area contributed by atoms with Gasteiger partial charge in [-0.15, -0.1) is 0 Å². The van der Waals surface area contributed by atoms with Crippen molar-refractivity contribution >= 4 is 15.9 Å². The number of aryl methyl sites for hydroxylation is 1. The molecule has 1 aromatic rings. The summed E-state index contributed by atoms with van der Waals surface area (Å²) in [5.41, 5.74) is 1.21. The summed E-state index contributed by atoms with van der Waals surface area (Å²) in [5, 5.41) is 9.82. The van der Waals surface area contributed by atoms with Crippen LogP contribution in [0.4, 0.5) is 0 Å². The van der Waals surface area contributed by atoms with Gasteiger partial charge in [0.2, 0.25) is 0 Å². The van der Waals surface area contributed by atoms with Crippen molar-refractivity contribution in [2.24, 2.45) is 5.92 Å². The van der Waals surface area contributed by atoms with Crippen LogP contribution in [0, 0.1) is 5.92 Å². The van der Waals surface area contributed by atoms with Gasteiger partial charge in [-0.2, -0.15) is 0 Å². The average molecular weight is 285 g/mol. The fourth-order valence-corrected chi connectivity index (χ4v) is 2.33. The summed E-state index contributed by atoms with van der Waals surface area (Å²) < 4.78 is 6.29. The van der Waals surface area contributed by atoms with Crippen molar-refractivity contribution in [3.63, 3.8) is 0 Å². The van der Waals surface area contributed by atoms with Crippen LogP contribution in [0.2, 0.25) is 0 Å². The Labute approximate surface area is 105 Å². The zero-order valence-electron chi connectivity index (χ0n) is 9.45. The van der Waals surface area contributed by atoms with Gasteiger partial charge in [-0.25, -0.2) is 0 Å². The quantitative estimate of drug-likeness (QED) is 0.900. The molecule has 1 unspecified atom stereocenters. The molecule has 16 heavy (non-hydrogen) atoms. The van der Waals surface area contributed by atoms with E-state index in [4.69, 9.17) is 4.74 Å². The van der Waals surface area contributed by atoms with Crippen LogP contribution in [0.1, 0.15) is 24.8 Å². The normalized spacial score (nSPS) is 17.2. The predicted molar refractivity (Wildman–Crippen MR) is 67.7 cm³/mol. The molecule has 0 spiro atoms. The average Bonchev–Trinajstić information content (AvgIpc) is 3.11. The van der Waals surface area contributed by atoms with Gasteiger partial charge in [-0.1, -0.05) is 15.9 Å².